The Morgan fingerprint density at radius 2 is 1.82 bits per heavy atom. The van der Waals surface area contributed by atoms with E-state index < -0.39 is 6.79 Å². The summed E-state index contributed by atoms with van der Waals surface area (Å²) in [6.07, 6.45) is 0.813. The molecule has 0 amide bonds. The van der Waals surface area contributed by atoms with E-state index in [4.69, 9.17) is 26.0 Å². The average Bonchev–Trinajstić information content (AvgIpc) is 2.31. The van der Waals surface area contributed by atoms with Gasteiger partial charge in [0.1, 0.15) is 6.79 Å². The second kappa shape index (κ2) is 6.71. The minimum atomic E-state index is -0.459. The van der Waals surface area contributed by atoms with Crippen molar-refractivity contribution in [2.45, 2.75) is 13.3 Å². The Morgan fingerprint density at radius 3 is 2.41 bits per heavy atom. The van der Waals surface area contributed by atoms with Crippen LogP contribution in [0.1, 0.15) is 13.3 Å². The molecule has 0 radical (unpaired) electrons. The van der Waals surface area contributed by atoms with E-state index in [0.29, 0.717) is 6.61 Å². The number of hydrogen-bond acceptors (Lipinski definition) is 8. The van der Waals surface area contributed by atoms with Crippen LogP contribution in [0, 0.1) is 0 Å². The van der Waals surface area contributed by atoms with Crippen molar-refractivity contribution < 1.29 is 19.3 Å². The Labute approximate surface area is 98.5 Å². The summed E-state index contributed by atoms with van der Waals surface area (Å²) in [5.41, 5.74) is 11.4. The van der Waals surface area contributed by atoms with Gasteiger partial charge >= 0.3 is 0 Å². The van der Waals surface area contributed by atoms with Gasteiger partial charge in [-0.05, 0) is 6.42 Å². The van der Waals surface area contributed by atoms with Crippen LogP contribution >= 0.6 is 0 Å². The maximum atomic E-state index is 8.42. The highest BCUT2D eigenvalue weighted by Crippen LogP contribution is 2.28. The van der Waals surface area contributed by atoms with Gasteiger partial charge in [0.15, 0.2) is 12.5 Å². The molecule has 96 valence electrons. The van der Waals surface area contributed by atoms with Crippen LogP contribution in [0.25, 0.3) is 0 Å². The van der Waals surface area contributed by atoms with Crippen molar-refractivity contribution >= 4 is 11.6 Å². The first-order valence-corrected chi connectivity index (χ1v) is 5.06. The van der Waals surface area contributed by atoms with Crippen molar-refractivity contribution in [1.29, 1.82) is 0 Å². The van der Waals surface area contributed by atoms with Crippen molar-refractivity contribution in [3.8, 4) is 11.8 Å². The molecule has 5 N–H and O–H groups in total. The molecule has 0 unspecified atom stereocenters. The minimum absolute atomic E-state index is 0.00991. The third-order valence-electron chi connectivity index (χ3n) is 1.71. The monoisotopic (exact) mass is 244 g/mol. The summed E-state index contributed by atoms with van der Waals surface area (Å²) in [7, 11) is 0. The van der Waals surface area contributed by atoms with Crippen LogP contribution in [0.5, 0.6) is 11.8 Å². The van der Waals surface area contributed by atoms with Gasteiger partial charge in [-0.2, -0.15) is 9.97 Å². The maximum Gasteiger partial charge on any atom is 0.248 e. The Kier molecular flexibility index (Phi) is 5.24. The van der Waals surface area contributed by atoms with Gasteiger partial charge in [-0.15, -0.1) is 0 Å². The fourth-order valence-electron chi connectivity index (χ4n) is 0.999. The lowest BCUT2D eigenvalue weighted by Crippen LogP contribution is -2.11. The van der Waals surface area contributed by atoms with E-state index >= 15 is 0 Å². The SMILES string of the molecule is CCCOc1nc(N)nc(OCOCO)c1N. The molecule has 1 aromatic heterocycles. The van der Waals surface area contributed by atoms with Crippen LogP contribution in [-0.2, 0) is 4.74 Å². The van der Waals surface area contributed by atoms with Crippen molar-refractivity contribution in [3.05, 3.63) is 0 Å². The molecule has 8 nitrogen and oxygen atoms in total. The predicted octanol–water partition coefficient (Wildman–Crippen LogP) is -0.267. The summed E-state index contributed by atoms with van der Waals surface area (Å²) in [6, 6.07) is 0. The van der Waals surface area contributed by atoms with E-state index in [1.54, 1.807) is 0 Å². The lowest BCUT2D eigenvalue weighted by Gasteiger charge is -2.11. The van der Waals surface area contributed by atoms with Crippen molar-refractivity contribution in [3.63, 3.8) is 0 Å². The van der Waals surface area contributed by atoms with Gasteiger partial charge in [0, 0.05) is 0 Å². The number of nitrogen functional groups attached to an aromatic ring is 2. The molecule has 17 heavy (non-hydrogen) atoms. The molecular formula is C9H16N4O4. The highest BCUT2D eigenvalue weighted by Gasteiger charge is 2.13. The first-order valence-electron chi connectivity index (χ1n) is 5.06. The van der Waals surface area contributed by atoms with Crippen molar-refractivity contribution in [1.82, 2.24) is 9.97 Å². The normalized spacial score (nSPS) is 10.2. The number of nitrogens with zero attached hydrogens (tertiary/aromatic N) is 2. The lowest BCUT2D eigenvalue weighted by atomic mass is 10.5. The summed E-state index contributed by atoms with van der Waals surface area (Å²) in [5, 5.41) is 8.42. The van der Waals surface area contributed by atoms with Crippen LogP contribution in [0.15, 0.2) is 0 Å². The standard InChI is InChI=1S/C9H16N4O4/c1-2-3-16-7-6(10)8(13-9(11)12-7)17-5-15-4-14/h14H,2-5,10H2,1H3,(H2,11,12,13). The summed E-state index contributed by atoms with van der Waals surface area (Å²) in [5.74, 6) is 0.236. The zero-order valence-corrected chi connectivity index (χ0v) is 9.55. The lowest BCUT2D eigenvalue weighted by molar-refractivity contribution is -0.0664. The molecular weight excluding hydrogens is 228 g/mol. The molecule has 0 atom stereocenters. The largest absolute Gasteiger partial charge is 0.476 e. The topological polar surface area (TPSA) is 126 Å². The molecule has 0 saturated carbocycles. The van der Waals surface area contributed by atoms with Gasteiger partial charge in [-0.25, -0.2) is 0 Å². The predicted molar refractivity (Wildman–Crippen MR) is 60.3 cm³/mol. The molecule has 0 aliphatic heterocycles. The third-order valence-corrected chi connectivity index (χ3v) is 1.71. The van der Waals surface area contributed by atoms with Gasteiger partial charge in [-0.1, -0.05) is 6.92 Å². The summed E-state index contributed by atoms with van der Waals surface area (Å²) >= 11 is 0. The number of aliphatic hydroxyl groups excluding tert-OH is 1. The first kappa shape index (κ1) is 13.3. The second-order valence-electron chi connectivity index (χ2n) is 3.05. The van der Waals surface area contributed by atoms with Gasteiger partial charge in [-0.3, -0.25) is 0 Å². The molecule has 0 aliphatic rings. The number of rotatable bonds is 7. The average molecular weight is 244 g/mol. The van der Waals surface area contributed by atoms with E-state index in [1.807, 2.05) is 6.92 Å². The highest BCUT2D eigenvalue weighted by atomic mass is 16.7. The fraction of sp³-hybridized carbons (Fsp3) is 0.556. The van der Waals surface area contributed by atoms with E-state index in [2.05, 4.69) is 14.7 Å². The number of nitrogens with two attached hydrogens (primary N) is 2. The number of anilines is 2. The zero-order chi connectivity index (χ0) is 12.7. The second-order valence-corrected chi connectivity index (χ2v) is 3.05. The van der Waals surface area contributed by atoms with Gasteiger partial charge < -0.3 is 30.8 Å². The first-order chi connectivity index (χ1) is 8.19. The molecule has 0 spiro atoms. The van der Waals surface area contributed by atoms with E-state index in [-0.39, 0.29) is 30.2 Å². The van der Waals surface area contributed by atoms with Gasteiger partial charge in [0.2, 0.25) is 17.7 Å². The van der Waals surface area contributed by atoms with E-state index in [0.717, 1.165) is 6.42 Å². The smallest absolute Gasteiger partial charge is 0.248 e. The Hall–Kier alpha value is -1.80. The molecule has 0 saturated heterocycles. The van der Waals surface area contributed by atoms with E-state index in [9.17, 15) is 0 Å². The van der Waals surface area contributed by atoms with Crippen molar-refractivity contribution in [2.75, 3.05) is 31.7 Å². The molecule has 1 heterocycles. The summed E-state index contributed by atoms with van der Waals surface area (Å²) < 4.78 is 14.9. The van der Waals surface area contributed by atoms with Gasteiger partial charge in [0.25, 0.3) is 0 Å². The number of ether oxygens (including phenoxy) is 3. The van der Waals surface area contributed by atoms with Crippen LogP contribution < -0.4 is 20.9 Å². The number of aliphatic hydroxyl groups is 1. The number of hydrogen-bond donors (Lipinski definition) is 3. The van der Waals surface area contributed by atoms with Gasteiger partial charge in [0.05, 0.1) is 6.61 Å². The quantitative estimate of drug-likeness (QED) is 0.442. The van der Waals surface area contributed by atoms with Crippen LogP contribution in [0.3, 0.4) is 0 Å². The fourth-order valence-corrected chi connectivity index (χ4v) is 0.999. The number of aromatic nitrogens is 2. The molecule has 0 aliphatic carbocycles. The van der Waals surface area contributed by atoms with Crippen molar-refractivity contribution in [2.24, 2.45) is 0 Å². The molecule has 0 aromatic carbocycles. The maximum absolute atomic E-state index is 8.42. The zero-order valence-electron chi connectivity index (χ0n) is 9.55. The highest BCUT2D eigenvalue weighted by molar-refractivity contribution is 5.58. The minimum Gasteiger partial charge on any atom is -0.476 e. The summed E-state index contributed by atoms with van der Waals surface area (Å²) in [4.78, 5) is 7.64. The summed E-state index contributed by atoms with van der Waals surface area (Å²) in [6.45, 7) is 1.77. The Morgan fingerprint density at radius 1 is 1.18 bits per heavy atom. The molecule has 0 bridgehead atoms. The Bertz CT molecular complexity index is 361. The third kappa shape index (κ3) is 3.93. The molecule has 1 rings (SSSR count). The van der Waals surface area contributed by atoms with E-state index in [1.165, 1.54) is 0 Å². The van der Waals surface area contributed by atoms with Crippen LogP contribution in [0.4, 0.5) is 11.6 Å². The van der Waals surface area contributed by atoms with Crippen LogP contribution in [0.2, 0.25) is 0 Å². The molecule has 0 fully saturated rings. The molecule has 1 aromatic rings. The Balaban J connectivity index is 2.77. The molecule has 8 heteroatoms. The van der Waals surface area contributed by atoms with Crippen LogP contribution in [-0.4, -0.2) is 35.3 Å².